The van der Waals surface area contributed by atoms with E-state index in [1.54, 1.807) is 0 Å². The Bertz CT molecular complexity index is 307. The molecule has 0 saturated carbocycles. The van der Waals surface area contributed by atoms with Crippen LogP contribution in [-0.2, 0) is 4.74 Å². The number of ether oxygens (including phenoxy) is 1. The average Bonchev–Trinajstić information content (AvgIpc) is 2.35. The van der Waals surface area contributed by atoms with Crippen LogP contribution in [0.1, 0.15) is 44.8 Å². The van der Waals surface area contributed by atoms with Crippen molar-refractivity contribution in [1.29, 1.82) is 0 Å². The highest BCUT2D eigenvalue weighted by atomic mass is 16.6. The van der Waals surface area contributed by atoms with E-state index in [-0.39, 0.29) is 6.10 Å². The largest absolute Gasteiger partial charge is 0.503 e. The normalized spacial score (nSPS) is 11.2. The molecule has 0 spiro atoms. The van der Waals surface area contributed by atoms with Crippen LogP contribution in [0.3, 0.4) is 0 Å². The van der Waals surface area contributed by atoms with Gasteiger partial charge in [0, 0.05) is 6.61 Å². The third kappa shape index (κ3) is 8.58. The summed E-state index contributed by atoms with van der Waals surface area (Å²) < 4.78 is 5.82. The fraction of sp³-hybridized carbons (Fsp3) is 0.500. The molecule has 0 heterocycles. The number of unbranched alkanes of at least 4 members (excludes halogenated alkanes) is 1. The van der Waals surface area contributed by atoms with Crippen molar-refractivity contribution in [2.75, 3.05) is 6.61 Å². The Morgan fingerprint density at radius 1 is 1.22 bits per heavy atom. The molecule has 0 fully saturated rings. The van der Waals surface area contributed by atoms with Gasteiger partial charge in [0.2, 0.25) is 0 Å². The summed E-state index contributed by atoms with van der Waals surface area (Å²) in [5.74, 6) is 0. The SMILES string of the molecule is CCCCOC(CC)c1ccccc1.O=C(O)O. The van der Waals surface area contributed by atoms with Crippen LogP contribution in [0.15, 0.2) is 30.3 Å². The fourth-order valence-electron chi connectivity index (χ4n) is 1.49. The van der Waals surface area contributed by atoms with Crippen molar-refractivity contribution in [2.45, 2.75) is 39.2 Å². The molecule has 0 aliphatic rings. The molecule has 1 aromatic rings. The van der Waals surface area contributed by atoms with Gasteiger partial charge in [-0.3, -0.25) is 0 Å². The maximum atomic E-state index is 8.56. The van der Waals surface area contributed by atoms with Gasteiger partial charge in [0.25, 0.3) is 0 Å². The number of carbonyl (C=O) groups is 1. The second kappa shape index (κ2) is 10.6. The number of rotatable bonds is 6. The summed E-state index contributed by atoms with van der Waals surface area (Å²) in [6, 6.07) is 10.5. The second-order valence-corrected chi connectivity index (χ2v) is 3.81. The van der Waals surface area contributed by atoms with Crippen LogP contribution in [0.5, 0.6) is 0 Å². The first-order valence-electron chi connectivity index (χ1n) is 6.20. The zero-order valence-corrected chi connectivity index (χ0v) is 11.0. The molecule has 0 aromatic heterocycles. The lowest BCUT2D eigenvalue weighted by Gasteiger charge is -2.16. The number of hydrogen-bond acceptors (Lipinski definition) is 2. The molecule has 2 N–H and O–H groups in total. The summed E-state index contributed by atoms with van der Waals surface area (Å²) in [5.41, 5.74) is 1.30. The molecule has 0 amide bonds. The van der Waals surface area contributed by atoms with E-state index in [1.165, 1.54) is 12.0 Å². The molecule has 0 saturated heterocycles. The molecule has 0 radical (unpaired) electrons. The monoisotopic (exact) mass is 254 g/mol. The average molecular weight is 254 g/mol. The number of carboxylic acid groups (broad SMARTS) is 2. The fourth-order valence-corrected chi connectivity index (χ4v) is 1.49. The predicted molar refractivity (Wildman–Crippen MR) is 71.0 cm³/mol. The zero-order valence-electron chi connectivity index (χ0n) is 11.0. The van der Waals surface area contributed by atoms with Gasteiger partial charge in [-0.05, 0) is 18.4 Å². The van der Waals surface area contributed by atoms with Crippen LogP contribution in [0.2, 0.25) is 0 Å². The van der Waals surface area contributed by atoms with Crippen molar-refractivity contribution in [3.63, 3.8) is 0 Å². The summed E-state index contributed by atoms with van der Waals surface area (Å²) in [6.07, 6.45) is 1.85. The Balaban J connectivity index is 0.000000631. The zero-order chi connectivity index (χ0) is 13.8. The minimum Gasteiger partial charge on any atom is -0.450 e. The molecule has 18 heavy (non-hydrogen) atoms. The van der Waals surface area contributed by atoms with Gasteiger partial charge in [-0.2, -0.15) is 0 Å². The predicted octanol–water partition coefficient (Wildman–Crippen LogP) is 4.18. The van der Waals surface area contributed by atoms with Gasteiger partial charge in [0.05, 0.1) is 6.10 Å². The maximum absolute atomic E-state index is 8.56. The molecular formula is C14H22O4. The molecule has 4 nitrogen and oxygen atoms in total. The summed E-state index contributed by atoms with van der Waals surface area (Å²) in [4.78, 5) is 8.56. The first-order valence-corrected chi connectivity index (χ1v) is 6.20. The highest BCUT2D eigenvalue weighted by molar-refractivity contribution is 5.53. The first-order chi connectivity index (χ1) is 8.61. The molecule has 1 unspecified atom stereocenters. The summed E-state index contributed by atoms with van der Waals surface area (Å²) in [6.45, 7) is 5.24. The third-order valence-corrected chi connectivity index (χ3v) is 2.36. The van der Waals surface area contributed by atoms with Crippen molar-refractivity contribution in [1.82, 2.24) is 0 Å². The second-order valence-electron chi connectivity index (χ2n) is 3.81. The van der Waals surface area contributed by atoms with Gasteiger partial charge in [-0.25, -0.2) is 4.79 Å². The standard InChI is InChI=1S/C13H20O.CH2O3/c1-3-5-11-14-13(4-2)12-9-7-6-8-10-12;2-1(3)4/h6-10,13H,3-5,11H2,1-2H3;(H2,2,3,4). The minimum atomic E-state index is -1.83. The Hall–Kier alpha value is -1.55. The van der Waals surface area contributed by atoms with Gasteiger partial charge >= 0.3 is 6.16 Å². The lowest BCUT2D eigenvalue weighted by molar-refractivity contribution is 0.0481. The number of hydrogen-bond donors (Lipinski definition) is 2. The van der Waals surface area contributed by atoms with Crippen LogP contribution >= 0.6 is 0 Å². The third-order valence-electron chi connectivity index (χ3n) is 2.36. The topological polar surface area (TPSA) is 66.8 Å². The smallest absolute Gasteiger partial charge is 0.450 e. The van der Waals surface area contributed by atoms with Crippen molar-refractivity contribution in [3.8, 4) is 0 Å². The van der Waals surface area contributed by atoms with Crippen molar-refractivity contribution in [2.24, 2.45) is 0 Å². The lowest BCUT2D eigenvalue weighted by Crippen LogP contribution is -2.04. The van der Waals surface area contributed by atoms with E-state index in [4.69, 9.17) is 19.7 Å². The Morgan fingerprint density at radius 2 is 1.78 bits per heavy atom. The van der Waals surface area contributed by atoms with Crippen LogP contribution in [-0.4, -0.2) is 23.0 Å². The van der Waals surface area contributed by atoms with E-state index in [0.29, 0.717) is 0 Å². The van der Waals surface area contributed by atoms with E-state index in [0.717, 1.165) is 19.4 Å². The minimum absolute atomic E-state index is 0.280. The molecule has 0 aliphatic carbocycles. The van der Waals surface area contributed by atoms with Gasteiger partial charge in [0.15, 0.2) is 0 Å². The van der Waals surface area contributed by atoms with Gasteiger partial charge in [0.1, 0.15) is 0 Å². The van der Waals surface area contributed by atoms with Crippen molar-refractivity contribution >= 4 is 6.16 Å². The summed E-state index contributed by atoms with van der Waals surface area (Å²) in [5, 5.41) is 13.9. The van der Waals surface area contributed by atoms with Gasteiger partial charge in [-0.15, -0.1) is 0 Å². The Labute approximate surface area is 108 Å². The quantitative estimate of drug-likeness (QED) is 0.747. The molecule has 1 aromatic carbocycles. The Kier molecular flexibility index (Phi) is 9.68. The van der Waals surface area contributed by atoms with E-state index < -0.39 is 6.16 Å². The molecular weight excluding hydrogens is 232 g/mol. The number of benzene rings is 1. The Morgan fingerprint density at radius 3 is 2.22 bits per heavy atom. The van der Waals surface area contributed by atoms with E-state index >= 15 is 0 Å². The molecule has 102 valence electrons. The van der Waals surface area contributed by atoms with Gasteiger partial charge < -0.3 is 14.9 Å². The van der Waals surface area contributed by atoms with Crippen molar-refractivity contribution < 1.29 is 19.7 Å². The molecule has 1 rings (SSSR count). The molecule has 4 heteroatoms. The maximum Gasteiger partial charge on any atom is 0.503 e. The van der Waals surface area contributed by atoms with Gasteiger partial charge in [-0.1, -0.05) is 50.6 Å². The molecule has 0 bridgehead atoms. The van der Waals surface area contributed by atoms with E-state index in [1.807, 2.05) is 6.07 Å². The summed E-state index contributed by atoms with van der Waals surface area (Å²) >= 11 is 0. The molecule has 0 aliphatic heterocycles. The van der Waals surface area contributed by atoms with Crippen LogP contribution in [0, 0.1) is 0 Å². The van der Waals surface area contributed by atoms with Crippen LogP contribution in [0.25, 0.3) is 0 Å². The van der Waals surface area contributed by atoms with Crippen LogP contribution < -0.4 is 0 Å². The van der Waals surface area contributed by atoms with Crippen LogP contribution in [0.4, 0.5) is 4.79 Å². The van der Waals surface area contributed by atoms with E-state index in [9.17, 15) is 0 Å². The first kappa shape index (κ1) is 16.4. The summed E-state index contributed by atoms with van der Waals surface area (Å²) in [7, 11) is 0. The highest BCUT2D eigenvalue weighted by Gasteiger charge is 2.07. The molecule has 1 atom stereocenters. The van der Waals surface area contributed by atoms with Crippen molar-refractivity contribution in [3.05, 3.63) is 35.9 Å². The lowest BCUT2D eigenvalue weighted by atomic mass is 10.1. The highest BCUT2D eigenvalue weighted by Crippen LogP contribution is 2.20. The van der Waals surface area contributed by atoms with E-state index in [2.05, 4.69) is 38.1 Å².